The molecular weight excluding hydrogens is 312 g/mol. The Bertz CT molecular complexity index is 734. The Morgan fingerprint density at radius 1 is 1.21 bits per heavy atom. The van der Waals surface area contributed by atoms with Crippen LogP contribution in [0.4, 0.5) is 5.69 Å². The van der Waals surface area contributed by atoms with Crippen molar-refractivity contribution in [1.82, 2.24) is 4.90 Å². The van der Waals surface area contributed by atoms with Crippen molar-refractivity contribution in [2.75, 3.05) is 26.3 Å². The molecule has 0 aliphatic carbocycles. The highest BCUT2D eigenvalue weighted by atomic mass is 16.6. The standard InChI is InChI=1S/C17H18N2O5/c20-17(18-8-10-23-11-9-18)7-5-15-4-6-16(24-15)13-2-1-3-14(12-13)19(21)22/h1-4,6,12H,5,7-11H2. The number of amides is 1. The van der Waals surface area contributed by atoms with E-state index in [1.807, 2.05) is 0 Å². The molecule has 0 saturated carbocycles. The molecule has 0 spiro atoms. The second-order valence-electron chi connectivity index (χ2n) is 5.57. The van der Waals surface area contributed by atoms with Crippen LogP contribution in [-0.4, -0.2) is 42.0 Å². The molecule has 7 heteroatoms. The van der Waals surface area contributed by atoms with E-state index in [1.165, 1.54) is 12.1 Å². The number of carbonyl (C=O) groups is 1. The Labute approximate surface area is 139 Å². The quantitative estimate of drug-likeness (QED) is 0.621. The van der Waals surface area contributed by atoms with Crippen molar-refractivity contribution < 1.29 is 18.9 Å². The lowest BCUT2D eigenvalue weighted by atomic mass is 10.1. The number of non-ortho nitro benzene ring substituents is 1. The summed E-state index contributed by atoms with van der Waals surface area (Å²) in [6, 6.07) is 9.87. The van der Waals surface area contributed by atoms with Crippen molar-refractivity contribution in [2.24, 2.45) is 0 Å². The number of morpholine rings is 1. The van der Waals surface area contributed by atoms with Crippen LogP contribution in [0.3, 0.4) is 0 Å². The minimum Gasteiger partial charge on any atom is -0.461 e. The van der Waals surface area contributed by atoms with Gasteiger partial charge in [0.1, 0.15) is 11.5 Å². The molecule has 2 aromatic rings. The van der Waals surface area contributed by atoms with Crippen molar-refractivity contribution in [3.05, 3.63) is 52.3 Å². The Balaban J connectivity index is 1.62. The Kier molecular flexibility index (Phi) is 4.90. The smallest absolute Gasteiger partial charge is 0.270 e. The highest BCUT2D eigenvalue weighted by Crippen LogP contribution is 2.26. The van der Waals surface area contributed by atoms with Crippen molar-refractivity contribution in [2.45, 2.75) is 12.8 Å². The fraction of sp³-hybridized carbons (Fsp3) is 0.353. The Hall–Kier alpha value is -2.67. The zero-order valence-electron chi connectivity index (χ0n) is 13.1. The molecule has 1 fully saturated rings. The number of hydrogen-bond acceptors (Lipinski definition) is 5. The number of benzene rings is 1. The molecule has 7 nitrogen and oxygen atoms in total. The van der Waals surface area contributed by atoms with Gasteiger partial charge in [0.2, 0.25) is 5.91 Å². The summed E-state index contributed by atoms with van der Waals surface area (Å²) in [5, 5.41) is 10.8. The first-order valence-electron chi connectivity index (χ1n) is 7.82. The zero-order valence-corrected chi connectivity index (χ0v) is 13.1. The van der Waals surface area contributed by atoms with Gasteiger partial charge in [-0.05, 0) is 12.1 Å². The summed E-state index contributed by atoms with van der Waals surface area (Å²) in [6.07, 6.45) is 0.882. The second-order valence-corrected chi connectivity index (χ2v) is 5.57. The molecule has 24 heavy (non-hydrogen) atoms. The first-order chi connectivity index (χ1) is 11.6. The number of nitrogens with zero attached hydrogens (tertiary/aromatic N) is 2. The second kappa shape index (κ2) is 7.27. The molecule has 0 atom stereocenters. The lowest BCUT2D eigenvalue weighted by Gasteiger charge is -2.26. The van der Waals surface area contributed by atoms with Crippen molar-refractivity contribution in [3.63, 3.8) is 0 Å². The van der Waals surface area contributed by atoms with Gasteiger partial charge in [-0.15, -0.1) is 0 Å². The van der Waals surface area contributed by atoms with Gasteiger partial charge >= 0.3 is 0 Å². The number of hydrogen-bond donors (Lipinski definition) is 0. The van der Waals surface area contributed by atoms with Gasteiger partial charge in [-0.2, -0.15) is 0 Å². The maximum absolute atomic E-state index is 12.1. The fourth-order valence-corrected chi connectivity index (χ4v) is 2.64. The first kappa shape index (κ1) is 16.2. The van der Waals surface area contributed by atoms with Gasteiger partial charge in [0, 0.05) is 43.6 Å². The fourth-order valence-electron chi connectivity index (χ4n) is 2.64. The number of aryl methyl sites for hydroxylation is 1. The highest BCUT2D eigenvalue weighted by molar-refractivity contribution is 5.76. The van der Waals surface area contributed by atoms with Crippen LogP contribution < -0.4 is 0 Å². The van der Waals surface area contributed by atoms with E-state index in [4.69, 9.17) is 9.15 Å². The summed E-state index contributed by atoms with van der Waals surface area (Å²) < 4.78 is 11.0. The van der Waals surface area contributed by atoms with Crippen molar-refractivity contribution >= 4 is 11.6 Å². The molecule has 1 aliphatic heterocycles. The van der Waals surface area contributed by atoms with Crippen LogP contribution in [0, 0.1) is 10.1 Å². The molecule has 1 amide bonds. The average molecular weight is 330 g/mol. The first-order valence-corrected chi connectivity index (χ1v) is 7.82. The molecule has 0 N–H and O–H groups in total. The Morgan fingerprint density at radius 2 is 2.00 bits per heavy atom. The highest BCUT2D eigenvalue weighted by Gasteiger charge is 2.17. The molecule has 126 valence electrons. The van der Waals surface area contributed by atoms with E-state index in [2.05, 4.69) is 0 Å². The molecule has 2 heterocycles. The third-order valence-electron chi connectivity index (χ3n) is 3.95. The summed E-state index contributed by atoms with van der Waals surface area (Å²) >= 11 is 0. The number of carbonyl (C=O) groups excluding carboxylic acids is 1. The van der Waals surface area contributed by atoms with Crippen LogP contribution >= 0.6 is 0 Å². The third-order valence-corrected chi connectivity index (χ3v) is 3.95. The Morgan fingerprint density at radius 3 is 2.75 bits per heavy atom. The lowest BCUT2D eigenvalue weighted by Crippen LogP contribution is -2.40. The van der Waals surface area contributed by atoms with Crippen LogP contribution in [0.2, 0.25) is 0 Å². The molecule has 1 aromatic heterocycles. The van der Waals surface area contributed by atoms with Gasteiger partial charge in [-0.25, -0.2) is 0 Å². The monoisotopic (exact) mass is 330 g/mol. The number of nitro groups is 1. The molecule has 0 unspecified atom stereocenters. The van der Waals surface area contributed by atoms with Gasteiger partial charge < -0.3 is 14.1 Å². The summed E-state index contributed by atoms with van der Waals surface area (Å²) in [5.74, 6) is 1.34. The van der Waals surface area contributed by atoms with Gasteiger partial charge in [0.05, 0.1) is 18.1 Å². The van der Waals surface area contributed by atoms with Crippen molar-refractivity contribution in [3.8, 4) is 11.3 Å². The normalized spacial score (nSPS) is 14.6. The van der Waals surface area contributed by atoms with E-state index >= 15 is 0 Å². The van der Waals surface area contributed by atoms with Crippen LogP contribution in [0.15, 0.2) is 40.8 Å². The van der Waals surface area contributed by atoms with Gasteiger partial charge in [-0.3, -0.25) is 14.9 Å². The minimum atomic E-state index is -0.436. The number of rotatable bonds is 5. The van der Waals surface area contributed by atoms with E-state index < -0.39 is 4.92 Å². The molecule has 1 aliphatic rings. The maximum atomic E-state index is 12.1. The van der Waals surface area contributed by atoms with E-state index in [0.717, 1.165) is 0 Å². The van der Waals surface area contributed by atoms with Crippen LogP contribution in [0.25, 0.3) is 11.3 Å². The SMILES string of the molecule is O=C(CCc1ccc(-c2cccc([N+](=O)[O-])c2)o1)N1CCOCC1. The summed E-state index contributed by atoms with van der Waals surface area (Å²) in [5.41, 5.74) is 0.669. The number of nitro benzene ring substituents is 1. The molecule has 0 bridgehead atoms. The zero-order chi connectivity index (χ0) is 16.9. The average Bonchev–Trinajstić information content (AvgIpc) is 3.09. The molecule has 0 radical (unpaired) electrons. The van der Waals surface area contributed by atoms with Gasteiger partial charge in [0.25, 0.3) is 5.69 Å². The molecule has 1 saturated heterocycles. The molecule has 1 aromatic carbocycles. The largest absolute Gasteiger partial charge is 0.461 e. The van der Waals surface area contributed by atoms with Crippen molar-refractivity contribution in [1.29, 1.82) is 0 Å². The number of furan rings is 1. The summed E-state index contributed by atoms with van der Waals surface area (Å²) in [6.45, 7) is 2.44. The van der Waals surface area contributed by atoms with Gasteiger partial charge in [0.15, 0.2) is 0 Å². The van der Waals surface area contributed by atoms with Crippen LogP contribution in [0.5, 0.6) is 0 Å². The molecular formula is C17H18N2O5. The van der Waals surface area contributed by atoms with Gasteiger partial charge in [-0.1, -0.05) is 12.1 Å². The van der Waals surface area contributed by atoms with Crippen LogP contribution in [0.1, 0.15) is 12.2 Å². The summed E-state index contributed by atoms with van der Waals surface area (Å²) in [7, 11) is 0. The van der Waals surface area contributed by atoms with E-state index in [9.17, 15) is 14.9 Å². The van der Waals surface area contributed by atoms with E-state index in [1.54, 1.807) is 29.2 Å². The molecule has 3 rings (SSSR count). The van der Waals surface area contributed by atoms with E-state index in [0.29, 0.717) is 56.2 Å². The topological polar surface area (TPSA) is 85.8 Å². The number of ether oxygens (including phenoxy) is 1. The lowest BCUT2D eigenvalue weighted by molar-refractivity contribution is -0.384. The minimum absolute atomic E-state index is 0.0212. The predicted molar refractivity (Wildman–Crippen MR) is 86.5 cm³/mol. The third kappa shape index (κ3) is 3.80. The predicted octanol–water partition coefficient (Wildman–Crippen LogP) is 2.65. The van der Waals surface area contributed by atoms with E-state index in [-0.39, 0.29) is 11.6 Å². The maximum Gasteiger partial charge on any atom is 0.270 e. The summed E-state index contributed by atoms with van der Waals surface area (Å²) in [4.78, 5) is 24.3. The van der Waals surface area contributed by atoms with Crippen LogP contribution in [-0.2, 0) is 16.0 Å².